The van der Waals surface area contributed by atoms with Gasteiger partial charge in [0.25, 0.3) is 0 Å². The Hall–Kier alpha value is -2.08. The zero-order chi connectivity index (χ0) is 13.0. The minimum absolute atomic E-state index is 0.141. The van der Waals surface area contributed by atoms with Gasteiger partial charge in [0, 0.05) is 6.20 Å². The summed E-state index contributed by atoms with van der Waals surface area (Å²) in [5.41, 5.74) is 1.03. The maximum absolute atomic E-state index is 10.9. The van der Waals surface area contributed by atoms with Gasteiger partial charge in [-0.15, -0.1) is 0 Å². The molecule has 92 valence electrons. The monoisotopic (exact) mass is 263 g/mol. The lowest BCUT2D eigenvalue weighted by Gasteiger charge is -2.08. The van der Waals surface area contributed by atoms with E-state index in [0.29, 0.717) is 24.5 Å². The number of aldehydes is 1. The largest absolute Gasteiger partial charge is 0.364 e. The minimum Gasteiger partial charge on any atom is -0.364 e. The number of carbonyl (C=O) groups is 1. The van der Waals surface area contributed by atoms with Crippen molar-refractivity contribution in [2.75, 3.05) is 5.32 Å². The van der Waals surface area contributed by atoms with Gasteiger partial charge in [-0.1, -0.05) is 11.6 Å². The fraction of sp³-hybridized carbons (Fsp3) is 0.182. The number of nitrogens with zero attached hydrogens (tertiary/aromatic N) is 4. The second-order valence-corrected chi connectivity index (χ2v) is 3.85. The molecule has 6 nitrogen and oxygen atoms in total. The van der Waals surface area contributed by atoms with Crippen LogP contribution in [0.4, 0.5) is 5.82 Å². The summed E-state index contributed by atoms with van der Waals surface area (Å²) >= 11 is 5.87. The molecule has 0 bridgehead atoms. The summed E-state index contributed by atoms with van der Waals surface area (Å²) in [6, 6.07) is 1.77. The topological polar surface area (TPSA) is 80.7 Å². The maximum Gasteiger partial charge on any atom is 0.156 e. The van der Waals surface area contributed by atoms with Gasteiger partial charge < -0.3 is 5.32 Å². The van der Waals surface area contributed by atoms with E-state index < -0.39 is 0 Å². The number of aryl methyl sites for hydroxylation is 1. The van der Waals surface area contributed by atoms with E-state index in [-0.39, 0.29) is 10.7 Å². The summed E-state index contributed by atoms with van der Waals surface area (Å²) in [5.74, 6) is 0.900. The first-order valence-electron chi connectivity index (χ1n) is 5.19. The number of hydrogen-bond donors (Lipinski definition) is 1. The predicted octanol–water partition coefficient (Wildman–Crippen LogP) is 1.65. The van der Waals surface area contributed by atoms with E-state index in [1.54, 1.807) is 19.2 Å². The molecule has 2 rings (SSSR count). The van der Waals surface area contributed by atoms with E-state index in [1.165, 1.54) is 6.33 Å². The summed E-state index contributed by atoms with van der Waals surface area (Å²) < 4.78 is 0. The van der Waals surface area contributed by atoms with Gasteiger partial charge in [0.15, 0.2) is 6.29 Å². The highest BCUT2D eigenvalue weighted by Crippen LogP contribution is 2.19. The van der Waals surface area contributed by atoms with Crippen molar-refractivity contribution in [3.05, 3.63) is 40.8 Å². The molecule has 0 atom stereocenters. The molecule has 2 aromatic heterocycles. The number of carbonyl (C=O) groups excluding carboxylic acids is 1. The first-order valence-corrected chi connectivity index (χ1v) is 5.56. The molecule has 0 fully saturated rings. The van der Waals surface area contributed by atoms with Crippen molar-refractivity contribution in [1.29, 1.82) is 0 Å². The van der Waals surface area contributed by atoms with Crippen LogP contribution in [0.15, 0.2) is 18.6 Å². The molecular formula is C11H10ClN5O. The van der Waals surface area contributed by atoms with Gasteiger partial charge in [-0.25, -0.2) is 19.9 Å². The standard InChI is InChI=1S/C11H10ClN5O/c1-7-16-10(12)9(5-18)11(17-7)14-4-8-2-3-13-6-15-8/h2-3,5-6H,4H2,1H3,(H,14,16,17). The van der Waals surface area contributed by atoms with Gasteiger partial charge in [-0.3, -0.25) is 4.79 Å². The van der Waals surface area contributed by atoms with Crippen molar-refractivity contribution in [3.63, 3.8) is 0 Å². The highest BCUT2D eigenvalue weighted by molar-refractivity contribution is 6.32. The lowest BCUT2D eigenvalue weighted by Crippen LogP contribution is -2.08. The second kappa shape index (κ2) is 5.50. The van der Waals surface area contributed by atoms with Gasteiger partial charge >= 0.3 is 0 Å². The summed E-state index contributed by atoms with van der Waals surface area (Å²) in [5, 5.41) is 3.15. The smallest absolute Gasteiger partial charge is 0.156 e. The number of rotatable bonds is 4. The van der Waals surface area contributed by atoms with E-state index in [0.717, 1.165) is 5.69 Å². The molecule has 0 radical (unpaired) electrons. The van der Waals surface area contributed by atoms with E-state index in [1.807, 2.05) is 0 Å². The Bertz CT molecular complexity index is 561. The van der Waals surface area contributed by atoms with Gasteiger partial charge in [0.2, 0.25) is 0 Å². The molecule has 1 N–H and O–H groups in total. The first-order chi connectivity index (χ1) is 8.70. The Kier molecular flexibility index (Phi) is 3.78. The van der Waals surface area contributed by atoms with E-state index in [2.05, 4.69) is 25.3 Å². The Labute approximate surface area is 108 Å². The van der Waals surface area contributed by atoms with Crippen molar-refractivity contribution in [2.45, 2.75) is 13.5 Å². The SMILES string of the molecule is Cc1nc(Cl)c(C=O)c(NCc2ccncn2)n1. The fourth-order valence-corrected chi connectivity index (χ4v) is 1.64. The lowest BCUT2D eigenvalue weighted by molar-refractivity contribution is 0.112. The Morgan fingerprint density at radius 2 is 2.28 bits per heavy atom. The molecule has 2 aromatic rings. The summed E-state index contributed by atoms with van der Waals surface area (Å²) in [7, 11) is 0. The molecule has 0 amide bonds. The summed E-state index contributed by atoms with van der Waals surface area (Å²) in [4.78, 5) is 26.9. The Morgan fingerprint density at radius 3 is 2.94 bits per heavy atom. The highest BCUT2D eigenvalue weighted by Gasteiger charge is 2.10. The Morgan fingerprint density at radius 1 is 1.44 bits per heavy atom. The van der Waals surface area contributed by atoms with Crippen molar-refractivity contribution >= 4 is 23.7 Å². The normalized spacial score (nSPS) is 10.1. The minimum atomic E-state index is 0.141. The van der Waals surface area contributed by atoms with Gasteiger partial charge in [-0.05, 0) is 13.0 Å². The molecule has 0 saturated carbocycles. The number of halogens is 1. The van der Waals surface area contributed by atoms with Crippen LogP contribution < -0.4 is 5.32 Å². The first kappa shape index (κ1) is 12.4. The molecule has 0 aliphatic heterocycles. The summed E-state index contributed by atoms with van der Waals surface area (Å²) in [6.45, 7) is 2.13. The molecular weight excluding hydrogens is 254 g/mol. The van der Waals surface area contributed by atoms with Crippen molar-refractivity contribution in [3.8, 4) is 0 Å². The molecule has 2 heterocycles. The van der Waals surface area contributed by atoms with Crippen LogP contribution in [0.1, 0.15) is 21.9 Å². The third kappa shape index (κ3) is 2.78. The van der Waals surface area contributed by atoms with Crippen LogP contribution in [0, 0.1) is 6.92 Å². The molecule has 7 heteroatoms. The van der Waals surface area contributed by atoms with Gasteiger partial charge in [-0.2, -0.15) is 0 Å². The molecule has 0 saturated heterocycles. The fourth-order valence-electron chi connectivity index (χ4n) is 1.38. The molecule has 0 aliphatic rings. The number of nitrogens with one attached hydrogen (secondary N) is 1. The third-order valence-corrected chi connectivity index (χ3v) is 2.50. The van der Waals surface area contributed by atoms with Crippen molar-refractivity contribution in [2.24, 2.45) is 0 Å². The van der Waals surface area contributed by atoms with E-state index in [4.69, 9.17) is 11.6 Å². The van der Waals surface area contributed by atoms with E-state index in [9.17, 15) is 4.79 Å². The zero-order valence-electron chi connectivity index (χ0n) is 9.59. The highest BCUT2D eigenvalue weighted by atomic mass is 35.5. The van der Waals surface area contributed by atoms with Gasteiger partial charge in [0.1, 0.15) is 23.1 Å². The van der Waals surface area contributed by atoms with Gasteiger partial charge in [0.05, 0.1) is 17.8 Å². The zero-order valence-corrected chi connectivity index (χ0v) is 10.3. The van der Waals surface area contributed by atoms with Crippen LogP contribution in [0.5, 0.6) is 0 Å². The van der Waals surface area contributed by atoms with Crippen LogP contribution >= 0.6 is 11.6 Å². The molecule has 0 spiro atoms. The number of anilines is 1. The average Bonchev–Trinajstić information content (AvgIpc) is 2.37. The molecule has 18 heavy (non-hydrogen) atoms. The van der Waals surface area contributed by atoms with Crippen LogP contribution in [-0.4, -0.2) is 26.2 Å². The average molecular weight is 264 g/mol. The quantitative estimate of drug-likeness (QED) is 0.667. The van der Waals surface area contributed by atoms with Crippen LogP contribution in [0.25, 0.3) is 0 Å². The molecule has 0 aliphatic carbocycles. The lowest BCUT2D eigenvalue weighted by atomic mass is 10.3. The van der Waals surface area contributed by atoms with Crippen LogP contribution in [-0.2, 0) is 6.54 Å². The van der Waals surface area contributed by atoms with Crippen LogP contribution in [0.3, 0.4) is 0 Å². The van der Waals surface area contributed by atoms with Crippen molar-refractivity contribution < 1.29 is 4.79 Å². The third-order valence-electron chi connectivity index (χ3n) is 2.21. The Balaban J connectivity index is 2.21. The number of hydrogen-bond acceptors (Lipinski definition) is 6. The molecule has 0 unspecified atom stereocenters. The van der Waals surface area contributed by atoms with Crippen molar-refractivity contribution in [1.82, 2.24) is 19.9 Å². The van der Waals surface area contributed by atoms with Crippen LogP contribution in [0.2, 0.25) is 5.15 Å². The summed E-state index contributed by atoms with van der Waals surface area (Å²) in [6.07, 6.45) is 3.72. The molecule has 0 aromatic carbocycles. The predicted molar refractivity (Wildman–Crippen MR) is 66.5 cm³/mol. The second-order valence-electron chi connectivity index (χ2n) is 3.50. The van der Waals surface area contributed by atoms with E-state index >= 15 is 0 Å². The maximum atomic E-state index is 10.9. The number of aromatic nitrogens is 4.